The standard InChI is InChI=1S/C20H19NO2S2/c1-2-23-16-7-4-3-6-14(16)20(22)21-11-9-17-15(10-13-25-17)19(21)18-8-5-12-24-18/h3-8,10,12-13,19H,2,9,11H2,1H3/t19-/m0/s1. The van der Waals surface area contributed by atoms with Gasteiger partial charge in [-0.25, -0.2) is 0 Å². The number of para-hydroxylation sites is 1. The number of ether oxygens (including phenoxy) is 1. The maximum absolute atomic E-state index is 13.4. The van der Waals surface area contributed by atoms with E-state index in [2.05, 4.69) is 29.0 Å². The highest BCUT2D eigenvalue weighted by atomic mass is 32.1. The molecular weight excluding hydrogens is 350 g/mol. The van der Waals surface area contributed by atoms with E-state index in [1.165, 1.54) is 15.3 Å². The second-order valence-corrected chi connectivity index (χ2v) is 7.87. The minimum Gasteiger partial charge on any atom is -0.493 e. The second-order valence-electron chi connectivity index (χ2n) is 5.89. The van der Waals surface area contributed by atoms with E-state index in [-0.39, 0.29) is 11.9 Å². The minimum absolute atomic E-state index is 0.00261. The summed E-state index contributed by atoms with van der Waals surface area (Å²) in [6, 6.07) is 13.9. The smallest absolute Gasteiger partial charge is 0.258 e. The Bertz CT molecular complexity index is 869. The number of benzene rings is 1. The van der Waals surface area contributed by atoms with Crippen LogP contribution < -0.4 is 4.74 Å². The molecular formula is C20H19NO2S2. The van der Waals surface area contributed by atoms with Crippen molar-refractivity contribution in [3.05, 3.63) is 74.1 Å². The monoisotopic (exact) mass is 369 g/mol. The summed E-state index contributed by atoms with van der Waals surface area (Å²) < 4.78 is 5.69. The van der Waals surface area contributed by atoms with E-state index in [1.54, 1.807) is 22.7 Å². The molecule has 0 bridgehead atoms. The lowest BCUT2D eigenvalue weighted by atomic mass is 9.97. The predicted molar refractivity (Wildman–Crippen MR) is 103 cm³/mol. The van der Waals surface area contributed by atoms with Gasteiger partial charge in [0.15, 0.2) is 0 Å². The highest BCUT2D eigenvalue weighted by molar-refractivity contribution is 7.10. The first-order valence-electron chi connectivity index (χ1n) is 8.42. The summed E-state index contributed by atoms with van der Waals surface area (Å²) in [5, 5.41) is 4.21. The zero-order chi connectivity index (χ0) is 17.2. The number of amides is 1. The average Bonchev–Trinajstić information content (AvgIpc) is 3.32. The summed E-state index contributed by atoms with van der Waals surface area (Å²) >= 11 is 3.50. The zero-order valence-corrected chi connectivity index (χ0v) is 15.6. The first-order valence-corrected chi connectivity index (χ1v) is 10.2. The maximum Gasteiger partial charge on any atom is 0.258 e. The Morgan fingerprint density at radius 1 is 1.16 bits per heavy atom. The quantitative estimate of drug-likeness (QED) is 0.648. The number of thiophene rings is 2. The molecule has 1 aliphatic rings. The van der Waals surface area contributed by atoms with Crippen LogP contribution >= 0.6 is 22.7 Å². The fraction of sp³-hybridized carbons (Fsp3) is 0.250. The van der Waals surface area contributed by atoms with Gasteiger partial charge < -0.3 is 9.64 Å². The molecule has 3 aromatic rings. The predicted octanol–water partition coefficient (Wildman–Crippen LogP) is 5.00. The average molecular weight is 370 g/mol. The first-order chi connectivity index (χ1) is 12.3. The lowest BCUT2D eigenvalue weighted by molar-refractivity contribution is 0.0694. The van der Waals surface area contributed by atoms with Crippen LogP contribution in [0, 0.1) is 0 Å². The van der Waals surface area contributed by atoms with E-state index in [4.69, 9.17) is 4.74 Å². The Labute approximate surface area is 155 Å². The highest BCUT2D eigenvalue weighted by Gasteiger charge is 2.34. The van der Waals surface area contributed by atoms with Crippen molar-refractivity contribution in [2.45, 2.75) is 19.4 Å². The van der Waals surface area contributed by atoms with Crippen LogP contribution in [0.2, 0.25) is 0 Å². The van der Waals surface area contributed by atoms with Gasteiger partial charge in [0.05, 0.1) is 18.2 Å². The molecule has 5 heteroatoms. The van der Waals surface area contributed by atoms with Gasteiger partial charge in [-0.05, 0) is 53.9 Å². The molecule has 0 unspecified atom stereocenters. The van der Waals surface area contributed by atoms with Crippen LogP contribution in [-0.4, -0.2) is 24.0 Å². The lowest BCUT2D eigenvalue weighted by Gasteiger charge is -2.35. The molecule has 0 saturated carbocycles. The van der Waals surface area contributed by atoms with Gasteiger partial charge >= 0.3 is 0 Å². The van der Waals surface area contributed by atoms with Gasteiger partial charge in [-0.2, -0.15) is 0 Å². The Hall–Kier alpha value is -2.11. The summed E-state index contributed by atoms with van der Waals surface area (Å²) in [7, 11) is 0. The summed E-state index contributed by atoms with van der Waals surface area (Å²) in [6.45, 7) is 3.22. The molecule has 4 rings (SSSR count). The van der Waals surface area contributed by atoms with Gasteiger partial charge in [0.25, 0.3) is 5.91 Å². The highest BCUT2D eigenvalue weighted by Crippen LogP contribution is 2.40. The van der Waals surface area contributed by atoms with Gasteiger partial charge in [0, 0.05) is 16.3 Å². The van der Waals surface area contributed by atoms with Crippen LogP contribution in [0.15, 0.2) is 53.2 Å². The van der Waals surface area contributed by atoms with Crippen LogP contribution in [0.3, 0.4) is 0 Å². The fourth-order valence-corrected chi connectivity index (χ4v) is 5.13. The fourth-order valence-electron chi connectivity index (χ4n) is 3.37. The Balaban J connectivity index is 1.75. The molecule has 0 N–H and O–H groups in total. The minimum atomic E-state index is -0.00261. The van der Waals surface area contributed by atoms with E-state index in [0.29, 0.717) is 17.9 Å². The lowest BCUT2D eigenvalue weighted by Crippen LogP contribution is -2.39. The number of hydrogen-bond donors (Lipinski definition) is 0. The molecule has 1 aliphatic heterocycles. The number of nitrogens with zero attached hydrogens (tertiary/aromatic N) is 1. The topological polar surface area (TPSA) is 29.5 Å². The number of hydrogen-bond acceptors (Lipinski definition) is 4. The van der Waals surface area contributed by atoms with Crippen molar-refractivity contribution >= 4 is 28.6 Å². The molecule has 1 atom stereocenters. The number of rotatable bonds is 4. The van der Waals surface area contributed by atoms with Gasteiger partial charge in [-0.15, -0.1) is 22.7 Å². The molecule has 0 radical (unpaired) electrons. The first kappa shape index (κ1) is 16.4. The van der Waals surface area contributed by atoms with Gasteiger partial charge in [0.2, 0.25) is 0 Å². The molecule has 3 heterocycles. The molecule has 3 nitrogen and oxygen atoms in total. The molecule has 1 aromatic carbocycles. The molecule has 2 aromatic heterocycles. The van der Waals surface area contributed by atoms with Crippen LogP contribution in [0.25, 0.3) is 0 Å². The van der Waals surface area contributed by atoms with E-state index >= 15 is 0 Å². The molecule has 1 amide bonds. The Kier molecular flexibility index (Phi) is 4.59. The van der Waals surface area contributed by atoms with E-state index in [9.17, 15) is 4.79 Å². The van der Waals surface area contributed by atoms with E-state index in [0.717, 1.165) is 13.0 Å². The number of carbonyl (C=O) groups is 1. The summed E-state index contributed by atoms with van der Waals surface area (Å²) in [4.78, 5) is 18.0. The second kappa shape index (κ2) is 7.02. The SMILES string of the molecule is CCOc1ccccc1C(=O)N1CCc2sccc2[C@H]1c1cccs1. The van der Waals surface area contributed by atoms with Crippen LogP contribution in [0.5, 0.6) is 5.75 Å². The number of fused-ring (bicyclic) bond motifs is 1. The molecule has 0 aliphatic carbocycles. The molecule has 25 heavy (non-hydrogen) atoms. The van der Waals surface area contributed by atoms with E-state index < -0.39 is 0 Å². The van der Waals surface area contributed by atoms with Gasteiger partial charge in [-0.1, -0.05) is 18.2 Å². The molecule has 0 fully saturated rings. The van der Waals surface area contributed by atoms with Gasteiger partial charge in [0.1, 0.15) is 5.75 Å². The number of carbonyl (C=O) groups excluding carboxylic acids is 1. The third-order valence-electron chi connectivity index (χ3n) is 4.46. The van der Waals surface area contributed by atoms with Crippen molar-refractivity contribution in [2.75, 3.05) is 13.2 Å². The van der Waals surface area contributed by atoms with E-state index in [1.807, 2.05) is 36.1 Å². The van der Waals surface area contributed by atoms with Crippen LogP contribution in [-0.2, 0) is 6.42 Å². The zero-order valence-electron chi connectivity index (χ0n) is 14.0. The molecule has 0 spiro atoms. The van der Waals surface area contributed by atoms with Crippen LogP contribution in [0.1, 0.15) is 38.6 Å². The normalized spacial score (nSPS) is 16.5. The Morgan fingerprint density at radius 2 is 2.04 bits per heavy atom. The van der Waals surface area contributed by atoms with Crippen LogP contribution in [0.4, 0.5) is 0 Å². The van der Waals surface area contributed by atoms with Crippen molar-refractivity contribution in [2.24, 2.45) is 0 Å². The summed E-state index contributed by atoms with van der Waals surface area (Å²) in [5.74, 6) is 0.704. The van der Waals surface area contributed by atoms with Crippen molar-refractivity contribution in [3.8, 4) is 5.75 Å². The Morgan fingerprint density at radius 3 is 2.84 bits per heavy atom. The van der Waals surface area contributed by atoms with Gasteiger partial charge in [-0.3, -0.25) is 4.79 Å². The largest absolute Gasteiger partial charge is 0.493 e. The van der Waals surface area contributed by atoms with Crippen molar-refractivity contribution in [3.63, 3.8) is 0 Å². The van der Waals surface area contributed by atoms with Crippen molar-refractivity contribution in [1.82, 2.24) is 4.90 Å². The van der Waals surface area contributed by atoms with Crippen molar-refractivity contribution < 1.29 is 9.53 Å². The summed E-state index contributed by atoms with van der Waals surface area (Å²) in [5.41, 5.74) is 1.91. The maximum atomic E-state index is 13.4. The summed E-state index contributed by atoms with van der Waals surface area (Å²) in [6.07, 6.45) is 0.914. The van der Waals surface area contributed by atoms with Crippen molar-refractivity contribution in [1.29, 1.82) is 0 Å². The third-order valence-corrected chi connectivity index (χ3v) is 6.38. The third kappa shape index (κ3) is 2.98. The molecule has 0 saturated heterocycles. The molecule has 128 valence electrons.